The molecule has 0 aromatic carbocycles. The fraction of sp³-hybridized carbons (Fsp3) is 0.588. The van der Waals surface area contributed by atoms with Crippen LogP contribution in [0.1, 0.15) is 59.5 Å². The second-order valence-corrected chi connectivity index (χ2v) is 6.83. The van der Waals surface area contributed by atoms with Gasteiger partial charge in [-0.1, -0.05) is 5.16 Å². The van der Waals surface area contributed by atoms with Gasteiger partial charge < -0.3 is 9.42 Å². The van der Waals surface area contributed by atoms with Crippen LogP contribution in [0.5, 0.6) is 0 Å². The summed E-state index contributed by atoms with van der Waals surface area (Å²) in [6, 6.07) is 0. The molecule has 1 unspecified atom stereocenters. The van der Waals surface area contributed by atoms with Gasteiger partial charge >= 0.3 is 0 Å². The van der Waals surface area contributed by atoms with Gasteiger partial charge in [0.15, 0.2) is 5.82 Å². The van der Waals surface area contributed by atoms with E-state index in [1.165, 1.54) is 12.8 Å². The highest BCUT2D eigenvalue weighted by atomic mass is 16.5. The quantitative estimate of drug-likeness (QED) is 0.855. The van der Waals surface area contributed by atoms with Gasteiger partial charge in [0.05, 0.1) is 11.9 Å². The molecule has 1 aliphatic carbocycles. The van der Waals surface area contributed by atoms with Crippen LogP contribution in [-0.4, -0.2) is 44.0 Å². The summed E-state index contributed by atoms with van der Waals surface area (Å²) < 4.78 is 5.38. The molecule has 0 bridgehead atoms. The van der Waals surface area contributed by atoms with E-state index < -0.39 is 0 Å². The van der Waals surface area contributed by atoms with E-state index in [0.29, 0.717) is 30.0 Å². The Balaban J connectivity index is 1.39. The SMILES string of the molecule is Cc1cnc(C(=O)N2CCCC(Cc3nc(C4CC4)no3)C2)cn1. The average molecular weight is 327 g/mol. The van der Waals surface area contributed by atoms with Crippen LogP contribution in [0, 0.1) is 12.8 Å². The van der Waals surface area contributed by atoms with E-state index in [0.717, 1.165) is 37.3 Å². The van der Waals surface area contributed by atoms with Crippen LogP contribution in [0.4, 0.5) is 0 Å². The predicted octanol–water partition coefficient (Wildman–Crippen LogP) is 2.14. The van der Waals surface area contributed by atoms with Crippen molar-refractivity contribution in [1.29, 1.82) is 0 Å². The molecule has 0 radical (unpaired) electrons. The summed E-state index contributed by atoms with van der Waals surface area (Å²) >= 11 is 0. The van der Waals surface area contributed by atoms with Crippen LogP contribution in [0.2, 0.25) is 0 Å². The molecule has 4 rings (SSSR count). The Morgan fingerprint density at radius 2 is 2.17 bits per heavy atom. The van der Waals surface area contributed by atoms with E-state index in [1.54, 1.807) is 12.4 Å². The molecule has 1 atom stereocenters. The van der Waals surface area contributed by atoms with E-state index in [2.05, 4.69) is 20.1 Å². The van der Waals surface area contributed by atoms with Gasteiger partial charge in [0, 0.05) is 31.6 Å². The molecule has 7 nitrogen and oxygen atoms in total. The molecule has 1 saturated carbocycles. The fourth-order valence-electron chi connectivity index (χ4n) is 3.19. The Bertz CT molecular complexity index is 723. The van der Waals surface area contributed by atoms with Crippen LogP contribution < -0.4 is 0 Å². The number of nitrogens with zero attached hydrogens (tertiary/aromatic N) is 5. The average Bonchev–Trinajstić information content (AvgIpc) is 3.35. The first-order valence-corrected chi connectivity index (χ1v) is 8.59. The van der Waals surface area contributed by atoms with Crippen molar-refractivity contribution >= 4 is 5.91 Å². The zero-order valence-electron chi connectivity index (χ0n) is 13.8. The lowest BCUT2D eigenvalue weighted by Gasteiger charge is -2.31. The van der Waals surface area contributed by atoms with Crippen molar-refractivity contribution < 1.29 is 9.32 Å². The number of hydrogen-bond donors (Lipinski definition) is 0. The highest BCUT2D eigenvalue weighted by Crippen LogP contribution is 2.38. The molecule has 1 amide bonds. The number of hydrogen-bond acceptors (Lipinski definition) is 6. The molecule has 3 heterocycles. The second kappa shape index (κ2) is 6.30. The second-order valence-electron chi connectivity index (χ2n) is 6.83. The summed E-state index contributed by atoms with van der Waals surface area (Å²) in [6.07, 6.45) is 8.32. The molecule has 0 N–H and O–H groups in total. The highest BCUT2D eigenvalue weighted by Gasteiger charge is 2.30. The van der Waals surface area contributed by atoms with Gasteiger partial charge in [-0.3, -0.25) is 9.78 Å². The summed E-state index contributed by atoms with van der Waals surface area (Å²) in [5.41, 5.74) is 1.22. The lowest BCUT2D eigenvalue weighted by atomic mass is 9.94. The van der Waals surface area contributed by atoms with Gasteiger partial charge in [0.25, 0.3) is 5.91 Å². The molecule has 2 fully saturated rings. The van der Waals surface area contributed by atoms with Crippen molar-refractivity contribution in [2.24, 2.45) is 5.92 Å². The van der Waals surface area contributed by atoms with Crippen LogP contribution >= 0.6 is 0 Å². The molecule has 24 heavy (non-hydrogen) atoms. The van der Waals surface area contributed by atoms with Gasteiger partial charge in [-0.15, -0.1) is 0 Å². The maximum atomic E-state index is 12.6. The van der Waals surface area contributed by atoms with E-state index in [-0.39, 0.29) is 5.91 Å². The van der Waals surface area contributed by atoms with Crippen molar-refractivity contribution in [3.63, 3.8) is 0 Å². The van der Waals surface area contributed by atoms with Gasteiger partial charge in [0.2, 0.25) is 5.89 Å². The number of amides is 1. The van der Waals surface area contributed by atoms with Crippen molar-refractivity contribution in [2.75, 3.05) is 13.1 Å². The largest absolute Gasteiger partial charge is 0.339 e. The Morgan fingerprint density at radius 1 is 1.29 bits per heavy atom. The first kappa shape index (κ1) is 15.2. The molecule has 0 spiro atoms. The first-order valence-electron chi connectivity index (χ1n) is 8.59. The third-order valence-corrected chi connectivity index (χ3v) is 4.70. The number of piperidine rings is 1. The minimum atomic E-state index is -0.0450. The third-order valence-electron chi connectivity index (χ3n) is 4.70. The minimum Gasteiger partial charge on any atom is -0.339 e. The van der Waals surface area contributed by atoms with Crippen LogP contribution in [0.25, 0.3) is 0 Å². The summed E-state index contributed by atoms with van der Waals surface area (Å²) in [6.45, 7) is 3.33. The third kappa shape index (κ3) is 3.29. The number of rotatable bonds is 4. The lowest BCUT2D eigenvalue weighted by molar-refractivity contribution is 0.0661. The standard InChI is InChI=1S/C17H21N5O2/c1-11-8-19-14(9-18-11)17(23)22-6-2-3-12(10-22)7-15-20-16(21-24-15)13-4-5-13/h8-9,12-13H,2-7,10H2,1H3. The monoisotopic (exact) mass is 327 g/mol. The smallest absolute Gasteiger partial charge is 0.274 e. The zero-order chi connectivity index (χ0) is 16.5. The maximum Gasteiger partial charge on any atom is 0.274 e. The van der Waals surface area contributed by atoms with Crippen molar-refractivity contribution in [2.45, 2.75) is 44.9 Å². The topological polar surface area (TPSA) is 85.0 Å². The maximum absolute atomic E-state index is 12.6. The predicted molar refractivity (Wildman–Crippen MR) is 85.4 cm³/mol. The van der Waals surface area contributed by atoms with E-state index >= 15 is 0 Å². The lowest BCUT2D eigenvalue weighted by Crippen LogP contribution is -2.41. The van der Waals surface area contributed by atoms with Gasteiger partial charge in [0.1, 0.15) is 5.69 Å². The number of aryl methyl sites for hydroxylation is 1. The molecule has 1 saturated heterocycles. The van der Waals surface area contributed by atoms with Crippen molar-refractivity contribution in [3.05, 3.63) is 35.5 Å². The molecular formula is C17H21N5O2. The van der Waals surface area contributed by atoms with Gasteiger partial charge in [-0.25, -0.2) is 4.98 Å². The number of carbonyl (C=O) groups is 1. The van der Waals surface area contributed by atoms with E-state index in [1.807, 2.05) is 11.8 Å². The fourth-order valence-corrected chi connectivity index (χ4v) is 3.19. The molecule has 2 aliphatic rings. The molecular weight excluding hydrogens is 306 g/mol. The Morgan fingerprint density at radius 3 is 2.92 bits per heavy atom. The minimum absolute atomic E-state index is 0.0450. The molecule has 2 aromatic rings. The van der Waals surface area contributed by atoms with Crippen LogP contribution in [-0.2, 0) is 6.42 Å². The Kier molecular flexibility index (Phi) is 4.00. The van der Waals surface area contributed by atoms with E-state index in [4.69, 9.17) is 4.52 Å². The number of likely N-dealkylation sites (tertiary alicyclic amines) is 1. The summed E-state index contributed by atoms with van der Waals surface area (Å²) in [5, 5.41) is 4.07. The zero-order valence-corrected chi connectivity index (χ0v) is 13.8. The van der Waals surface area contributed by atoms with Gasteiger partial charge in [-0.05, 0) is 38.5 Å². The normalized spacial score (nSPS) is 21.0. The number of carbonyl (C=O) groups excluding carboxylic acids is 1. The Labute approximate surface area is 140 Å². The molecule has 2 aromatic heterocycles. The summed E-state index contributed by atoms with van der Waals surface area (Å²) in [4.78, 5) is 27.3. The van der Waals surface area contributed by atoms with Crippen LogP contribution in [0.15, 0.2) is 16.9 Å². The molecule has 126 valence electrons. The first-order chi connectivity index (χ1) is 11.7. The van der Waals surface area contributed by atoms with Crippen molar-refractivity contribution in [3.8, 4) is 0 Å². The summed E-state index contributed by atoms with van der Waals surface area (Å²) in [7, 11) is 0. The number of aromatic nitrogens is 4. The highest BCUT2D eigenvalue weighted by molar-refractivity contribution is 5.92. The summed E-state index contributed by atoms with van der Waals surface area (Å²) in [5.74, 6) is 2.37. The van der Waals surface area contributed by atoms with Gasteiger partial charge in [-0.2, -0.15) is 4.98 Å². The Hall–Kier alpha value is -2.31. The van der Waals surface area contributed by atoms with Crippen molar-refractivity contribution in [1.82, 2.24) is 25.0 Å². The van der Waals surface area contributed by atoms with E-state index in [9.17, 15) is 4.79 Å². The molecule has 7 heteroatoms. The molecule has 1 aliphatic heterocycles. The van der Waals surface area contributed by atoms with Crippen LogP contribution in [0.3, 0.4) is 0 Å².